The van der Waals surface area contributed by atoms with E-state index in [9.17, 15) is 5.11 Å². The van der Waals surface area contributed by atoms with Gasteiger partial charge in [0.2, 0.25) is 0 Å². The molecule has 2 aromatic heterocycles. The van der Waals surface area contributed by atoms with Gasteiger partial charge in [-0.25, -0.2) is 9.97 Å². The van der Waals surface area contributed by atoms with Crippen molar-refractivity contribution < 1.29 is 5.11 Å². The lowest BCUT2D eigenvalue weighted by molar-refractivity contribution is 0.209. The molecule has 2 aromatic rings. The van der Waals surface area contributed by atoms with Gasteiger partial charge in [-0.15, -0.1) is 0 Å². The Morgan fingerprint density at radius 2 is 2.00 bits per heavy atom. The maximum Gasteiger partial charge on any atom is 0.125 e. The molecule has 5 nitrogen and oxygen atoms in total. The molecule has 1 unspecified atom stereocenters. The SMILES string of the molecule is Cn1ncc(Cl)c1C(O)c1cncnc1. The Morgan fingerprint density at radius 1 is 1.33 bits per heavy atom. The lowest BCUT2D eigenvalue weighted by atomic mass is 10.1. The monoisotopic (exact) mass is 224 g/mol. The van der Waals surface area contributed by atoms with E-state index < -0.39 is 6.10 Å². The molecule has 0 aliphatic heterocycles. The summed E-state index contributed by atoms with van der Waals surface area (Å²) in [6.45, 7) is 0. The highest BCUT2D eigenvalue weighted by Crippen LogP contribution is 2.26. The molecule has 6 heteroatoms. The van der Waals surface area contributed by atoms with E-state index in [4.69, 9.17) is 11.6 Å². The van der Waals surface area contributed by atoms with Gasteiger partial charge in [-0.3, -0.25) is 4.68 Å². The van der Waals surface area contributed by atoms with Gasteiger partial charge in [-0.05, 0) is 0 Å². The first kappa shape index (κ1) is 10.1. The topological polar surface area (TPSA) is 63.8 Å². The Kier molecular flexibility index (Phi) is 2.66. The Morgan fingerprint density at radius 3 is 2.53 bits per heavy atom. The van der Waals surface area contributed by atoms with Gasteiger partial charge in [0.1, 0.15) is 12.4 Å². The van der Waals surface area contributed by atoms with Crippen molar-refractivity contribution in [3.05, 3.63) is 41.2 Å². The highest BCUT2D eigenvalue weighted by Gasteiger charge is 2.18. The summed E-state index contributed by atoms with van der Waals surface area (Å²) in [6, 6.07) is 0. The van der Waals surface area contributed by atoms with E-state index in [0.717, 1.165) is 0 Å². The van der Waals surface area contributed by atoms with Crippen LogP contribution in [0.4, 0.5) is 0 Å². The predicted octanol–water partition coefficient (Wildman–Crippen LogP) is 0.945. The smallest absolute Gasteiger partial charge is 0.125 e. The molecule has 1 atom stereocenters. The Labute approximate surface area is 91.4 Å². The lowest BCUT2D eigenvalue weighted by Gasteiger charge is -2.10. The first-order chi connectivity index (χ1) is 7.20. The minimum Gasteiger partial charge on any atom is -0.382 e. The van der Waals surface area contributed by atoms with Crippen LogP contribution in [0.1, 0.15) is 17.4 Å². The van der Waals surface area contributed by atoms with Crippen LogP contribution in [0, 0.1) is 0 Å². The van der Waals surface area contributed by atoms with E-state index in [1.807, 2.05) is 0 Å². The van der Waals surface area contributed by atoms with E-state index in [1.165, 1.54) is 17.2 Å². The Balaban J connectivity index is 2.41. The second kappa shape index (κ2) is 3.96. The van der Waals surface area contributed by atoms with Crippen molar-refractivity contribution >= 4 is 11.6 Å². The van der Waals surface area contributed by atoms with Crippen LogP contribution < -0.4 is 0 Å². The van der Waals surface area contributed by atoms with Crippen LogP contribution in [-0.4, -0.2) is 24.9 Å². The molecule has 0 bridgehead atoms. The summed E-state index contributed by atoms with van der Waals surface area (Å²) in [7, 11) is 1.72. The van der Waals surface area contributed by atoms with Gasteiger partial charge in [0, 0.05) is 25.0 Å². The zero-order valence-corrected chi connectivity index (χ0v) is 8.76. The van der Waals surface area contributed by atoms with Crippen molar-refractivity contribution in [2.24, 2.45) is 7.05 Å². The maximum absolute atomic E-state index is 10.0. The maximum atomic E-state index is 10.0. The normalized spacial score (nSPS) is 12.7. The van der Waals surface area contributed by atoms with Crippen LogP contribution in [0.25, 0.3) is 0 Å². The third kappa shape index (κ3) is 1.84. The summed E-state index contributed by atoms with van der Waals surface area (Å²) >= 11 is 5.91. The fourth-order valence-corrected chi connectivity index (χ4v) is 1.61. The van der Waals surface area contributed by atoms with Crippen LogP contribution in [0.2, 0.25) is 5.02 Å². The van der Waals surface area contributed by atoms with Crippen molar-refractivity contribution in [1.82, 2.24) is 19.7 Å². The summed E-state index contributed by atoms with van der Waals surface area (Å²) in [4.78, 5) is 7.66. The van der Waals surface area contributed by atoms with Crippen LogP contribution >= 0.6 is 11.6 Å². The molecule has 0 amide bonds. The number of hydrogen-bond acceptors (Lipinski definition) is 4. The fraction of sp³-hybridized carbons (Fsp3) is 0.222. The summed E-state index contributed by atoms with van der Waals surface area (Å²) in [5, 5.41) is 14.4. The van der Waals surface area contributed by atoms with Crippen LogP contribution in [0.15, 0.2) is 24.9 Å². The molecule has 0 aliphatic rings. The van der Waals surface area contributed by atoms with E-state index >= 15 is 0 Å². The molecule has 15 heavy (non-hydrogen) atoms. The minimum absolute atomic E-state index is 0.425. The number of hydrogen-bond donors (Lipinski definition) is 1. The highest BCUT2D eigenvalue weighted by molar-refractivity contribution is 6.31. The molecule has 0 aliphatic carbocycles. The third-order valence-electron chi connectivity index (χ3n) is 2.09. The van der Waals surface area contributed by atoms with Crippen molar-refractivity contribution in [2.45, 2.75) is 6.10 Å². The molecule has 1 N–H and O–H groups in total. The summed E-state index contributed by atoms with van der Waals surface area (Å²) in [5.41, 5.74) is 1.12. The number of aliphatic hydroxyl groups excluding tert-OH is 1. The Bertz CT molecular complexity index is 437. The molecular weight excluding hydrogens is 216 g/mol. The van der Waals surface area contributed by atoms with Gasteiger partial charge in [-0.2, -0.15) is 5.10 Å². The first-order valence-electron chi connectivity index (χ1n) is 4.30. The molecule has 0 saturated heterocycles. The number of aliphatic hydroxyl groups is 1. The summed E-state index contributed by atoms with van der Waals surface area (Å²) < 4.78 is 1.53. The second-order valence-electron chi connectivity index (χ2n) is 3.08. The predicted molar refractivity (Wildman–Crippen MR) is 54.3 cm³/mol. The van der Waals surface area contributed by atoms with E-state index in [-0.39, 0.29) is 0 Å². The molecule has 0 fully saturated rings. The zero-order chi connectivity index (χ0) is 10.8. The highest BCUT2D eigenvalue weighted by atomic mass is 35.5. The van der Waals surface area contributed by atoms with Gasteiger partial charge in [0.05, 0.1) is 16.9 Å². The molecule has 0 saturated carbocycles. The van der Waals surface area contributed by atoms with Crippen LogP contribution in [-0.2, 0) is 7.05 Å². The molecule has 78 valence electrons. The van der Waals surface area contributed by atoms with Crippen molar-refractivity contribution in [3.8, 4) is 0 Å². The number of aromatic nitrogens is 4. The average Bonchev–Trinajstić information content (AvgIpc) is 2.59. The number of aryl methyl sites for hydroxylation is 1. The van der Waals surface area contributed by atoms with Gasteiger partial charge >= 0.3 is 0 Å². The quantitative estimate of drug-likeness (QED) is 0.825. The molecule has 2 heterocycles. The lowest BCUT2D eigenvalue weighted by Crippen LogP contribution is -2.07. The standard InChI is InChI=1S/C9H9ClN4O/c1-14-8(7(10)4-13-14)9(15)6-2-11-5-12-3-6/h2-5,9,15H,1H3. The van der Waals surface area contributed by atoms with Crippen LogP contribution in [0.5, 0.6) is 0 Å². The summed E-state index contributed by atoms with van der Waals surface area (Å²) in [6.07, 6.45) is 5.12. The molecule has 0 radical (unpaired) electrons. The van der Waals surface area contributed by atoms with Gasteiger partial charge < -0.3 is 5.11 Å². The van der Waals surface area contributed by atoms with E-state index in [1.54, 1.807) is 19.4 Å². The zero-order valence-electron chi connectivity index (χ0n) is 8.00. The number of halogens is 1. The molecule has 0 aromatic carbocycles. The van der Waals surface area contributed by atoms with Gasteiger partial charge in [0.15, 0.2) is 0 Å². The van der Waals surface area contributed by atoms with E-state index in [2.05, 4.69) is 15.1 Å². The largest absolute Gasteiger partial charge is 0.382 e. The number of nitrogens with zero attached hydrogens (tertiary/aromatic N) is 4. The third-order valence-corrected chi connectivity index (χ3v) is 2.38. The second-order valence-corrected chi connectivity index (χ2v) is 3.48. The fourth-order valence-electron chi connectivity index (χ4n) is 1.34. The first-order valence-corrected chi connectivity index (χ1v) is 4.68. The number of rotatable bonds is 2. The van der Waals surface area contributed by atoms with Gasteiger partial charge in [-0.1, -0.05) is 11.6 Å². The minimum atomic E-state index is -0.855. The molecule has 0 spiro atoms. The Hall–Kier alpha value is -1.46. The van der Waals surface area contributed by atoms with Crippen molar-refractivity contribution in [1.29, 1.82) is 0 Å². The van der Waals surface area contributed by atoms with Gasteiger partial charge in [0.25, 0.3) is 0 Å². The summed E-state index contributed by atoms with van der Waals surface area (Å²) in [5.74, 6) is 0. The molecular formula is C9H9ClN4O. The van der Waals surface area contributed by atoms with Crippen LogP contribution in [0.3, 0.4) is 0 Å². The van der Waals surface area contributed by atoms with E-state index in [0.29, 0.717) is 16.3 Å². The average molecular weight is 225 g/mol. The van der Waals surface area contributed by atoms with Crippen molar-refractivity contribution in [2.75, 3.05) is 0 Å². The van der Waals surface area contributed by atoms with Crippen molar-refractivity contribution in [3.63, 3.8) is 0 Å². The molecule has 2 rings (SSSR count).